The Bertz CT molecular complexity index is 235. The summed E-state index contributed by atoms with van der Waals surface area (Å²) in [4.78, 5) is 22.0. The second-order valence-corrected chi connectivity index (χ2v) is 4.17. The molecule has 1 N–H and O–H groups in total. The second kappa shape index (κ2) is 8.38. The van der Waals surface area contributed by atoms with Gasteiger partial charge in [-0.05, 0) is 13.3 Å². The van der Waals surface area contributed by atoms with Gasteiger partial charge in [0.15, 0.2) is 0 Å². The maximum absolute atomic E-state index is 11.3. The van der Waals surface area contributed by atoms with Gasteiger partial charge in [0, 0.05) is 0 Å². The highest BCUT2D eigenvalue weighted by Crippen LogP contribution is 2.13. The van der Waals surface area contributed by atoms with E-state index in [0.29, 0.717) is 13.0 Å². The van der Waals surface area contributed by atoms with Gasteiger partial charge < -0.3 is 14.8 Å². The van der Waals surface area contributed by atoms with E-state index in [-0.39, 0.29) is 6.04 Å². The summed E-state index contributed by atoms with van der Waals surface area (Å²) in [7, 11) is 1.31. The zero-order valence-electron chi connectivity index (χ0n) is 9.79. The number of esters is 1. The molecule has 6 heteroatoms. The average molecular weight is 296 g/mol. The van der Waals surface area contributed by atoms with E-state index in [2.05, 4.69) is 26.0 Å². The van der Waals surface area contributed by atoms with E-state index in [1.165, 1.54) is 7.11 Å². The van der Waals surface area contributed by atoms with Crippen molar-refractivity contribution in [3.8, 4) is 0 Å². The number of carbonyl (C=O) groups excluding carboxylic acids is 2. The smallest absolute Gasteiger partial charge is 0.407 e. The van der Waals surface area contributed by atoms with Gasteiger partial charge in [-0.15, -0.1) is 0 Å². The lowest BCUT2D eigenvalue weighted by Crippen LogP contribution is -2.44. The molecule has 0 rings (SSSR count). The van der Waals surface area contributed by atoms with Crippen molar-refractivity contribution in [3.63, 3.8) is 0 Å². The van der Waals surface area contributed by atoms with Crippen molar-refractivity contribution in [3.05, 3.63) is 0 Å². The van der Waals surface area contributed by atoms with Crippen LogP contribution in [0.3, 0.4) is 0 Å². The van der Waals surface area contributed by atoms with Crippen molar-refractivity contribution in [2.75, 3.05) is 13.7 Å². The molecule has 0 bridgehead atoms. The zero-order chi connectivity index (χ0) is 12.6. The number of carbonyl (C=O) groups is 2. The van der Waals surface area contributed by atoms with Gasteiger partial charge in [-0.25, -0.2) is 4.79 Å². The molecule has 0 saturated heterocycles. The van der Waals surface area contributed by atoms with Crippen LogP contribution in [0, 0.1) is 0 Å². The van der Waals surface area contributed by atoms with Crippen LogP contribution >= 0.6 is 15.9 Å². The van der Waals surface area contributed by atoms with E-state index in [1.54, 1.807) is 6.92 Å². The molecule has 1 amide bonds. The topological polar surface area (TPSA) is 64.6 Å². The van der Waals surface area contributed by atoms with E-state index >= 15 is 0 Å². The maximum atomic E-state index is 11.3. The molecule has 16 heavy (non-hydrogen) atoms. The predicted octanol–water partition coefficient (Wildman–Crippen LogP) is 1.84. The Morgan fingerprint density at radius 3 is 2.44 bits per heavy atom. The van der Waals surface area contributed by atoms with Crippen molar-refractivity contribution in [2.45, 2.75) is 37.6 Å². The molecule has 0 spiro atoms. The molecule has 2 atom stereocenters. The van der Waals surface area contributed by atoms with E-state index < -0.39 is 16.9 Å². The van der Waals surface area contributed by atoms with Gasteiger partial charge in [-0.3, -0.25) is 4.79 Å². The number of ether oxygens (including phenoxy) is 2. The number of hydrogen-bond donors (Lipinski definition) is 1. The van der Waals surface area contributed by atoms with Crippen LogP contribution in [-0.2, 0) is 14.3 Å². The van der Waals surface area contributed by atoms with Crippen LogP contribution in [0.1, 0.15) is 26.7 Å². The third-order valence-corrected chi connectivity index (χ3v) is 2.97. The minimum Gasteiger partial charge on any atom is -0.468 e. The number of alkyl halides is 1. The highest BCUT2D eigenvalue weighted by Gasteiger charge is 2.27. The molecule has 0 aliphatic rings. The first-order valence-electron chi connectivity index (χ1n) is 5.21. The SMILES string of the molecule is CCC[C@H](NC(=O)OCC)[C@H](Br)C(=O)OC. The van der Waals surface area contributed by atoms with Crippen molar-refractivity contribution in [1.82, 2.24) is 5.32 Å². The summed E-state index contributed by atoms with van der Waals surface area (Å²) >= 11 is 3.21. The van der Waals surface area contributed by atoms with E-state index in [9.17, 15) is 9.59 Å². The van der Waals surface area contributed by atoms with Gasteiger partial charge in [-0.1, -0.05) is 29.3 Å². The number of amides is 1. The molecule has 5 nitrogen and oxygen atoms in total. The normalized spacial score (nSPS) is 13.8. The number of alkyl carbamates (subject to hydrolysis) is 1. The summed E-state index contributed by atoms with van der Waals surface area (Å²) < 4.78 is 9.36. The Hall–Kier alpha value is -0.780. The Kier molecular flexibility index (Phi) is 7.97. The Morgan fingerprint density at radius 1 is 1.38 bits per heavy atom. The summed E-state index contributed by atoms with van der Waals surface area (Å²) in [6, 6.07) is -0.323. The molecule has 0 heterocycles. The highest BCUT2D eigenvalue weighted by molar-refractivity contribution is 9.10. The molecule has 0 radical (unpaired) electrons. The summed E-state index contributed by atoms with van der Waals surface area (Å²) in [5.74, 6) is -0.407. The summed E-state index contributed by atoms with van der Waals surface area (Å²) in [6.07, 6.45) is 0.995. The van der Waals surface area contributed by atoms with Crippen molar-refractivity contribution >= 4 is 28.0 Å². The fourth-order valence-corrected chi connectivity index (χ4v) is 1.79. The largest absolute Gasteiger partial charge is 0.468 e. The highest BCUT2D eigenvalue weighted by atomic mass is 79.9. The van der Waals surface area contributed by atoms with E-state index in [0.717, 1.165) is 6.42 Å². The molecular weight excluding hydrogens is 278 g/mol. The van der Waals surface area contributed by atoms with Gasteiger partial charge in [0.2, 0.25) is 0 Å². The molecule has 0 aliphatic heterocycles. The van der Waals surface area contributed by atoms with Crippen molar-refractivity contribution in [2.24, 2.45) is 0 Å². The second-order valence-electron chi connectivity index (χ2n) is 3.18. The maximum Gasteiger partial charge on any atom is 0.407 e. The molecule has 0 unspecified atom stereocenters. The minimum absolute atomic E-state index is 0.301. The van der Waals surface area contributed by atoms with Crippen molar-refractivity contribution < 1.29 is 19.1 Å². The third kappa shape index (κ3) is 5.34. The molecule has 0 aromatic rings. The Morgan fingerprint density at radius 2 is 2.00 bits per heavy atom. The van der Waals surface area contributed by atoms with Crippen LogP contribution in [0.4, 0.5) is 4.79 Å². The molecule has 0 aromatic carbocycles. The van der Waals surface area contributed by atoms with E-state index in [1.807, 2.05) is 6.92 Å². The fraction of sp³-hybridized carbons (Fsp3) is 0.800. The van der Waals surface area contributed by atoms with Gasteiger partial charge in [0.1, 0.15) is 4.83 Å². The van der Waals surface area contributed by atoms with Gasteiger partial charge in [-0.2, -0.15) is 0 Å². The van der Waals surface area contributed by atoms with Crippen LogP contribution in [0.15, 0.2) is 0 Å². The minimum atomic E-state index is -0.554. The molecule has 94 valence electrons. The van der Waals surface area contributed by atoms with Crippen LogP contribution in [0.25, 0.3) is 0 Å². The van der Waals surface area contributed by atoms with E-state index in [4.69, 9.17) is 4.74 Å². The number of methoxy groups -OCH3 is 1. The third-order valence-electron chi connectivity index (χ3n) is 1.96. The first-order chi connectivity index (χ1) is 7.56. The first-order valence-corrected chi connectivity index (χ1v) is 6.13. The first kappa shape index (κ1) is 15.2. The summed E-state index contributed by atoms with van der Waals surface area (Å²) in [5, 5.41) is 2.62. The Labute approximate surface area is 104 Å². The monoisotopic (exact) mass is 295 g/mol. The van der Waals surface area contributed by atoms with Crippen LogP contribution < -0.4 is 5.32 Å². The lowest BCUT2D eigenvalue weighted by molar-refractivity contribution is -0.140. The molecule has 0 saturated carbocycles. The van der Waals surface area contributed by atoms with Crippen molar-refractivity contribution in [1.29, 1.82) is 0 Å². The molecule has 0 aliphatic carbocycles. The summed E-state index contributed by atoms with van der Waals surface area (Å²) in [6.45, 7) is 3.99. The lowest BCUT2D eigenvalue weighted by Gasteiger charge is -2.21. The van der Waals surface area contributed by atoms with Crippen LogP contribution in [-0.4, -0.2) is 36.6 Å². The average Bonchev–Trinajstić information content (AvgIpc) is 2.26. The van der Waals surface area contributed by atoms with Crippen LogP contribution in [0.5, 0.6) is 0 Å². The van der Waals surface area contributed by atoms with Crippen LogP contribution in [0.2, 0.25) is 0 Å². The number of halogens is 1. The van der Waals surface area contributed by atoms with Gasteiger partial charge in [0.05, 0.1) is 19.8 Å². The molecule has 0 fully saturated rings. The Balaban J connectivity index is 4.35. The number of rotatable bonds is 6. The van der Waals surface area contributed by atoms with Gasteiger partial charge in [0.25, 0.3) is 0 Å². The zero-order valence-corrected chi connectivity index (χ0v) is 11.4. The number of nitrogens with one attached hydrogen (secondary N) is 1. The summed E-state index contributed by atoms with van der Waals surface area (Å²) in [5.41, 5.74) is 0. The number of hydrogen-bond acceptors (Lipinski definition) is 4. The molecular formula is C10H18BrNO4. The predicted molar refractivity (Wildman–Crippen MR) is 63.6 cm³/mol. The molecule has 0 aromatic heterocycles. The fourth-order valence-electron chi connectivity index (χ4n) is 1.20. The lowest BCUT2D eigenvalue weighted by atomic mass is 10.1. The standard InChI is InChI=1S/C10H18BrNO4/c1-4-6-7(8(11)9(13)15-3)12-10(14)16-5-2/h7-8H,4-6H2,1-3H3,(H,12,14)/t7-,8-/m0/s1. The quantitative estimate of drug-likeness (QED) is 0.600. The van der Waals surface area contributed by atoms with Gasteiger partial charge >= 0.3 is 12.1 Å².